The molecule has 2 nitrogen and oxygen atoms in total. The Balaban J connectivity index is 1.17. The summed E-state index contributed by atoms with van der Waals surface area (Å²) in [4.78, 5) is 0. The third-order valence-corrected chi connectivity index (χ3v) is 18.9. The van der Waals surface area contributed by atoms with Crippen LogP contribution in [0.25, 0.3) is 22.3 Å². The molecule has 7 aromatic carbocycles. The molecule has 0 radical (unpaired) electrons. The van der Waals surface area contributed by atoms with Crippen LogP contribution in [0.3, 0.4) is 0 Å². The van der Waals surface area contributed by atoms with Gasteiger partial charge in [0.25, 0.3) is 0 Å². The van der Waals surface area contributed by atoms with E-state index in [1.54, 1.807) is 0 Å². The highest BCUT2D eigenvalue weighted by atomic mass is 31.2. The second kappa shape index (κ2) is 12.8. The van der Waals surface area contributed by atoms with Gasteiger partial charge < -0.3 is 9.13 Å². The Kier molecular flexibility index (Phi) is 8.35. The molecular formula is C52H48O2P2. The molecule has 0 N–H and O–H groups in total. The second-order valence-electron chi connectivity index (χ2n) is 17.2. The fourth-order valence-corrected chi connectivity index (χ4v) is 14.5. The van der Waals surface area contributed by atoms with Gasteiger partial charge in [-0.15, -0.1) is 0 Å². The van der Waals surface area contributed by atoms with Crippen LogP contribution in [0.4, 0.5) is 0 Å². The summed E-state index contributed by atoms with van der Waals surface area (Å²) >= 11 is 0. The molecule has 278 valence electrons. The van der Waals surface area contributed by atoms with Crippen LogP contribution < -0.4 is 31.8 Å². The van der Waals surface area contributed by atoms with E-state index in [2.05, 4.69) is 152 Å². The first-order chi connectivity index (χ1) is 26.6. The molecule has 0 atom stereocenters. The number of hydrogen-bond acceptors (Lipinski definition) is 2. The van der Waals surface area contributed by atoms with Crippen molar-refractivity contribution in [3.8, 4) is 22.3 Å². The highest BCUT2D eigenvalue weighted by Gasteiger charge is 2.43. The molecule has 0 saturated carbocycles. The van der Waals surface area contributed by atoms with Crippen molar-refractivity contribution >= 4 is 46.1 Å². The van der Waals surface area contributed by atoms with E-state index in [0.29, 0.717) is 0 Å². The molecule has 0 aromatic heterocycles. The SMILES string of the molecule is Cc1ccc(P(=O)(c2ccc(C)cc2)c2ccc3c(c2)C(C)(C)c2cc4c(cc2-3)C(C)(C)c2cc(P(=O)(c3ccc(C)cc3)c3ccc(C)cc3)ccc2-4)cc1. The molecule has 2 aliphatic carbocycles. The first-order valence-electron chi connectivity index (χ1n) is 19.6. The van der Waals surface area contributed by atoms with Gasteiger partial charge in [0.05, 0.1) is 0 Å². The van der Waals surface area contributed by atoms with Crippen molar-refractivity contribution in [2.45, 2.75) is 66.2 Å². The van der Waals surface area contributed by atoms with Gasteiger partial charge in [0.2, 0.25) is 0 Å². The molecule has 0 fully saturated rings. The average Bonchev–Trinajstić information content (AvgIpc) is 3.55. The lowest BCUT2D eigenvalue weighted by molar-refractivity contribution is 0.591. The maximum Gasteiger partial charge on any atom is 0.171 e. The van der Waals surface area contributed by atoms with Gasteiger partial charge in [-0.25, -0.2) is 0 Å². The van der Waals surface area contributed by atoms with Crippen molar-refractivity contribution in [1.29, 1.82) is 0 Å². The molecule has 9 rings (SSSR count). The molecule has 0 amide bonds. The van der Waals surface area contributed by atoms with E-state index in [1.165, 1.54) is 44.5 Å². The average molecular weight is 767 g/mol. The smallest absolute Gasteiger partial charge is 0.171 e. The summed E-state index contributed by atoms with van der Waals surface area (Å²) in [5.41, 5.74) is 13.8. The van der Waals surface area contributed by atoms with E-state index in [1.807, 2.05) is 48.5 Å². The van der Waals surface area contributed by atoms with Gasteiger partial charge in [0.15, 0.2) is 14.3 Å². The Labute approximate surface area is 332 Å². The topological polar surface area (TPSA) is 34.1 Å². The Morgan fingerprint density at radius 1 is 0.304 bits per heavy atom. The fourth-order valence-electron chi connectivity index (χ4n) is 9.24. The Morgan fingerprint density at radius 3 is 0.804 bits per heavy atom. The van der Waals surface area contributed by atoms with Gasteiger partial charge in [-0.3, -0.25) is 0 Å². The molecule has 0 aliphatic heterocycles. The van der Waals surface area contributed by atoms with Gasteiger partial charge >= 0.3 is 0 Å². The highest BCUT2D eigenvalue weighted by Crippen LogP contribution is 2.57. The van der Waals surface area contributed by atoms with Crippen LogP contribution in [0.2, 0.25) is 0 Å². The summed E-state index contributed by atoms with van der Waals surface area (Å²) in [5, 5.41) is 5.14. The van der Waals surface area contributed by atoms with E-state index in [0.717, 1.165) is 54.1 Å². The number of fused-ring (bicyclic) bond motifs is 6. The summed E-state index contributed by atoms with van der Waals surface area (Å²) in [6.45, 7) is 17.5. The van der Waals surface area contributed by atoms with Crippen molar-refractivity contribution in [3.05, 3.63) is 190 Å². The molecule has 0 saturated heterocycles. The summed E-state index contributed by atoms with van der Waals surface area (Å²) in [7, 11) is -6.34. The number of hydrogen-bond donors (Lipinski definition) is 0. The maximum absolute atomic E-state index is 15.6. The molecule has 0 unspecified atom stereocenters. The third-order valence-electron chi connectivity index (χ3n) is 12.8. The van der Waals surface area contributed by atoms with Gasteiger partial charge in [-0.05, 0) is 96.5 Å². The van der Waals surface area contributed by atoms with Crippen molar-refractivity contribution in [1.82, 2.24) is 0 Å². The van der Waals surface area contributed by atoms with E-state index in [4.69, 9.17) is 0 Å². The van der Waals surface area contributed by atoms with Crippen LogP contribution in [-0.4, -0.2) is 0 Å². The summed E-state index contributed by atoms with van der Waals surface area (Å²) in [5.74, 6) is 0. The van der Waals surface area contributed by atoms with E-state index >= 15 is 9.13 Å². The minimum absolute atomic E-state index is 0.319. The minimum Gasteiger partial charge on any atom is -0.309 e. The molecule has 4 heteroatoms. The monoisotopic (exact) mass is 766 g/mol. The largest absolute Gasteiger partial charge is 0.309 e. The number of rotatable bonds is 6. The Hall–Kier alpha value is -5.00. The maximum atomic E-state index is 15.6. The summed E-state index contributed by atoms with van der Waals surface area (Å²) in [6.07, 6.45) is 0. The van der Waals surface area contributed by atoms with Crippen molar-refractivity contribution in [2.75, 3.05) is 0 Å². The zero-order valence-corrected chi connectivity index (χ0v) is 35.4. The quantitative estimate of drug-likeness (QED) is 0.158. The second-order valence-corrected chi connectivity index (χ2v) is 22.7. The van der Waals surface area contributed by atoms with E-state index < -0.39 is 14.3 Å². The highest BCUT2D eigenvalue weighted by molar-refractivity contribution is 7.85. The molecule has 0 spiro atoms. The minimum atomic E-state index is -3.17. The van der Waals surface area contributed by atoms with E-state index in [-0.39, 0.29) is 10.8 Å². The van der Waals surface area contributed by atoms with Crippen LogP contribution in [0.1, 0.15) is 72.2 Å². The zero-order chi connectivity index (χ0) is 39.4. The molecule has 0 heterocycles. The van der Waals surface area contributed by atoms with Crippen LogP contribution in [-0.2, 0) is 20.0 Å². The van der Waals surface area contributed by atoms with Crippen molar-refractivity contribution < 1.29 is 9.13 Å². The van der Waals surface area contributed by atoms with Gasteiger partial charge in [0, 0.05) is 42.7 Å². The van der Waals surface area contributed by atoms with Gasteiger partial charge in [0.1, 0.15) is 0 Å². The van der Waals surface area contributed by atoms with Crippen molar-refractivity contribution in [3.63, 3.8) is 0 Å². The number of aryl methyl sites for hydroxylation is 4. The normalized spacial score (nSPS) is 14.9. The fraction of sp³-hybridized carbons (Fsp3) is 0.192. The predicted molar refractivity (Wildman–Crippen MR) is 239 cm³/mol. The van der Waals surface area contributed by atoms with Gasteiger partial charge in [-0.1, -0.05) is 171 Å². The summed E-state index contributed by atoms with van der Waals surface area (Å²) < 4.78 is 31.2. The van der Waals surface area contributed by atoms with Gasteiger partial charge in [-0.2, -0.15) is 0 Å². The Morgan fingerprint density at radius 2 is 0.536 bits per heavy atom. The standard InChI is InChI=1S/C52H48O2P2/c1-33-9-17-37(18-10-33)55(53,38-19-11-34(2)12-20-38)41-25-27-43-45-31-50-46(32-49(45)51(5,6)47(43)29-41)44-28-26-42(30-48(44)52(50,7)8)56(54,39-21-13-35(3)14-22-39)40-23-15-36(4)16-24-40/h9-32H,1-8H3. The van der Waals surface area contributed by atoms with Crippen LogP contribution in [0.15, 0.2) is 146 Å². The summed E-state index contributed by atoms with van der Waals surface area (Å²) in [6, 6.07) is 50.8. The van der Waals surface area contributed by atoms with Crippen LogP contribution >= 0.6 is 14.3 Å². The molecule has 56 heavy (non-hydrogen) atoms. The third kappa shape index (κ3) is 5.37. The number of benzene rings is 7. The van der Waals surface area contributed by atoms with Crippen LogP contribution in [0.5, 0.6) is 0 Å². The molecular weight excluding hydrogens is 719 g/mol. The van der Waals surface area contributed by atoms with Crippen molar-refractivity contribution in [2.24, 2.45) is 0 Å². The lowest BCUT2D eigenvalue weighted by Crippen LogP contribution is -2.26. The molecule has 7 aromatic rings. The molecule has 0 bridgehead atoms. The zero-order valence-electron chi connectivity index (χ0n) is 33.6. The lowest BCUT2D eigenvalue weighted by Gasteiger charge is -2.26. The first kappa shape index (κ1) is 36.6. The lowest BCUT2D eigenvalue weighted by atomic mass is 9.79. The van der Waals surface area contributed by atoms with Crippen LogP contribution in [0, 0.1) is 27.7 Å². The van der Waals surface area contributed by atoms with E-state index in [9.17, 15) is 0 Å². The first-order valence-corrected chi connectivity index (χ1v) is 23.0. The molecule has 2 aliphatic rings. The predicted octanol–water partition coefficient (Wildman–Crippen LogP) is 10.8. The Bertz CT molecular complexity index is 2510.